The Balaban J connectivity index is 0. The number of rotatable bonds is 0. The molecule has 0 atom stereocenters. The van der Waals surface area contributed by atoms with Gasteiger partial charge in [0, 0.05) is 21.1 Å². The van der Waals surface area contributed by atoms with Gasteiger partial charge in [-0.2, -0.15) is 0 Å². The van der Waals surface area contributed by atoms with Gasteiger partial charge < -0.3 is 54.8 Å². The molecule has 0 saturated carbocycles. The van der Waals surface area contributed by atoms with Crippen LogP contribution in [0.4, 0.5) is 0 Å². The van der Waals surface area contributed by atoms with E-state index < -0.39 is 0 Å². The van der Waals surface area contributed by atoms with Gasteiger partial charge in [0.1, 0.15) is 0 Å². The van der Waals surface area contributed by atoms with Crippen LogP contribution in [0.15, 0.2) is 0 Å². The standard InChI is InChI=1S/Mo.10H2O/h;10*1H2. The van der Waals surface area contributed by atoms with Crippen LogP contribution in [0.3, 0.4) is 0 Å². The molecule has 11 heavy (non-hydrogen) atoms. The fraction of sp³-hybridized carbons (Fsp3) is 0. The topological polar surface area (TPSA) is 315 Å². The van der Waals surface area contributed by atoms with Crippen LogP contribution in [0.2, 0.25) is 0 Å². The van der Waals surface area contributed by atoms with Crippen LogP contribution in [0.25, 0.3) is 0 Å². The van der Waals surface area contributed by atoms with E-state index in [-0.39, 0.29) is 75.8 Å². The van der Waals surface area contributed by atoms with Gasteiger partial charge in [-0.05, 0) is 0 Å². The van der Waals surface area contributed by atoms with Gasteiger partial charge in [0.15, 0.2) is 0 Å². The summed E-state index contributed by atoms with van der Waals surface area (Å²) in [6.45, 7) is 0. The normalized spacial score (nSPS) is 0. The van der Waals surface area contributed by atoms with Gasteiger partial charge in [-0.15, -0.1) is 0 Å². The molecule has 0 bridgehead atoms. The second-order valence-corrected chi connectivity index (χ2v) is 0. The molecule has 0 radical (unpaired) electrons. The third-order valence-corrected chi connectivity index (χ3v) is 0. The van der Waals surface area contributed by atoms with E-state index in [1.807, 2.05) is 0 Å². The van der Waals surface area contributed by atoms with Crippen molar-refractivity contribution in [2.75, 3.05) is 0 Å². The zero-order chi connectivity index (χ0) is 0. The molecule has 0 heterocycles. The molecular weight excluding hydrogens is 256 g/mol. The van der Waals surface area contributed by atoms with Gasteiger partial charge in [-0.25, -0.2) is 0 Å². The molecule has 0 fully saturated rings. The van der Waals surface area contributed by atoms with Gasteiger partial charge in [-0.3, -0.25) is 0 Å². The zero-order valence-corrected chi connectivity index (χ0v) is 7.42. The molecule has 0 aliphatic rings. The van der Waals surface area contributed by atoms with Gasteiger partial charge in [0.05, 0.1) is 0 Å². The molecule has 0 saturated heterocycles. The summed E-state index contributed by atoms with van der Waals surface area (Å²) in [7, 11) is 0. The zero-order valence-electron chi connectivity index (χ0n) is 5.41. The molecule has 11 heteroatoms. The Morgan fingerprint density at radius 3 is 0.182 bits per heavy atom. The smallest absolute Gasteiger partial charge is 0 e. The first kappa shape index (κ1) is 14400. The third-order valence-electron chi connectivity index (χ3n) is 0. The molecule has 0 amide bonds. The minimum Gasteiger partial charge on any atom is -0.412 e. The summed E-state index contributed by atoms with van der Waals surface area (Å²) < 4.78 is 0. The quantitative estimate of drug-likeness (QED) is 0.371. The average Bonchev–Trinajstić information content (AvgIpc) is 0. The van der Waals surface area contributed by atoms with Gasteiger partial charge in [0.25, 0.3) is 0 Å². The summed E-state index contributed by atoms with van der Waals surface area (Å²) >= 11 is 0. The molecular formula is H20MoO10. The monoisotopic (exact) mass is 278 g/mol. The van der Waals surface area contributed by atoms with Crippen molar-refractivity contribution in [1.29, 1.82) is 0 Å². The first-order chi connectivity index (χ1) is 0. The number of hydrogen-bond acceptors (Lipinski definition) is 0. The Kier molecular flexibility index (Phi) is 14000000. The summed E-state index contributed by atoms with van der Waals surface area (Å²) in [5.41, 5.74) is 0. The fourth-order valence-corrected chi connectivity index (χ4v) is 0. The van der Waals surface area contributed by atoms with E-state index in [9.17, 15) is 0 Å². The second kappa shape index (κ2) is 10700. The molecule has 0 unspecified atom stereocenters. The molecule has 10 nitrogen and oxygen atoms in total. The van der Waals surface area contributed by atoms with Crippen molar-refractivity contribution in [1.82, 2.24) is 0 Å². The summed E-state index contributed by atoms with van der Waals surface area (Å²) in [6.07, 6.45) is 0. The maximum absolute atomic E-state index is 0. The second-order valence-electron chi connectivity index (χ2n) is 0. The minimum absolute atomic E-state index is 0. The molecule has 0 spiro atoms. The third kappa shape index (κ3) is 8500. The first-order valence-corrected chi connectivity index (χ1v) is 0. The van der Waals surface area contributed by atoms with Gasteiger partial charge >= 0.3 is 0 Å². The Bertz CT molecular complexity index is 4.83. The Morgan fingerprint density at radius 1 is 0.182 bits per heavy atom. The van der Waals surface area contributed by atoms with Crippen LogP contribution in [0.1, 0.15) is 0 Å². The summed E-state index contributed by atoms with van der Waals surface area (Å²) in [4.78, 5) is 0. The van der Waals surface area contributed by atoms with Crippen molar-refractivity contribution < 1.29 is 75.8 Å². The largest absolute Gasteiger partial charge is 0.412 e. The predicted octanol–water partition coefficient (Wildman–Crippen LogP) is -8.25. The molecule has 0 rings (SSSR count). The Labute approximate surface area is 76.6 Å². The van der Waals surface area contributed by atoms with Gasteiger partial charge in [-0.1, -0.05) is 0 Å². The number of hydrogen-bond donors (Lipinski definition) is 0. The SMILES string of the molecule is O.O.O.O.O.O.O.O.O.O.[Mo]. The summed E-state index contributed by atoms with van der Waals surface area (Å²) in [6, 6.07) is 0. The predicted molar refractivity (Wildman–Crippen MR) is 36.1 cm³/mol. The van der Waals surface area contributed by atoms with Crippen molar-refractivity contribution in [2.45, 2.75) is 0 Å². The van der Waals surface area contributed by atoms with Crippen LogP contribution >= 0.6 is 0 Å². The van der Waals surface area contributed by atoms with E-state index in [4.69, 9.17) is 0 Å². The van der Waals surface area contributed by atoms with Crippen LogP contribution in [0.5, 0.6) is 0 Å². The Morgan fingerprint density at radius 2 is 0.182 bits per heavy atom. The van der Waals surface area contributed by atoms with Crippen LogP contribution in [0, 0.1) is 0 Å². The van der Waals surface area contributed by atoms with Crippen molar-refractivity contribution in [3.63, 3.8) is 0 Å². The van der Waals surface area contributed by atoms with Crippen LogP contribution in [-0.2, 0) is 21.1 Å². The molecule has 0 aliphatic carbocycles. The van der Waals surface area contributed by atoms with Gasteiger partial charge in [0.2, 0.25) is 0 Å². The first-order valence-electron chi connectivity index (χ1n) is 0. The maximum Gasteiger partial charge on any atom is 0 e. The van der Waals surface area contributed by atoms with E-state index >= 15 is 0 Å². The fourth-order valence-electron chi connectivity index (χ4n) is 0. The summed E-state index contributed by atoms with van der Waals surface area (Å²) in [5, 5.41) is 0. The average molecular weight is 276 g/mol. The van der Waals surface area contributed by atoms with E-state index in [1.54, 1.807) is 0 Å². The van der Waals surface area contributed by atoms with Crippen LogP contribution < -0.4 is 0 Å². The molecule has 0 aromatic heterocycles. The van der Waals surface area contributed by atoms with Crippen molar-refractivity contribution in [3.8, 4) is 0 Å². The molecule has 86 valence electrons. The van der Waals surface area contributed by atoms with Crippen LogP contribution in [-0.4, -0.2) is 54.8 Å². The molecule has 20 N–H and O–H groups in total. The van der Waals surface area contributed by atoms with E-state index in [2.05, 4.69) is 0 Å². The molecule has 0 aromatic rings. The van der Waals surface area contributed by atoms with E-state index in [0.717, 1.165) is 0 Å². The van der Waals surface area contributed by atoms with E-state index in [1.165, 1.54) is 0 Å². The minimum atomic E-state index is 0. The van der Waals surface area contributed by atoms with E-state index in [0.29, 0.717) is 0 Å². The Hall–Kier alpha value is 0.288. The van der Waals surface area contributed by atoms with Crippen molar-refractivity contribution >= 4 is 0 Å². The summed E-state index contributed by atoms with van der Waals surface area (Å²) in [5.74, 6) is 0. The molecule has 0 aliphatic heterocycles. The van der Waals surface area contributed by atoms with Crippen molar-refractivity contribution in [2.24, 2.45) is 0 Å². The van der Waals surface area contributed by atoms with Crippen molar-refractivity contribution in [3.05, 3.63) is 0 Å². The molecule has 0 aromatic carbocycles. The maximum atomic E-state index is 0.